The van der Waals surface area contributed by atoms with Crippen molar-refractivity contribution in [3.63, 3.8) is 0 Å². The lowest BCUT2D eigenvalue weighted by atomic mass is 10.0. The Bertz CT molecular complexity index is 1280. The molecule has 1 aromatic carbocycles. The van der Waals surface area contributed by atoms with Crippen molar-refractivity contribution in [2.24, 2.45) is 0 Å². The van der Waals surface area contributed by atoms with Crippen LogP contribution < -0.4 is 5.69 Å². The molecular formula is C23H25N7O2. The van der Waals surface area contributed by atoms with Crippen LogP contribution in [0, 0.1) is 0 Å². The number of tetrazole rings is 1. The summed E-state index contributed by atoms with van der Waals surface area (Å²) in [6, 6.07) is 11.8. The first kappa shape index (κ1) is 20.3. The van der Waals surface area contributed by atoms with Crippen LogP contribution in [0.4, 0.5) is 0 Å². The number of hydrogen-bond donors (Lipinski definition) is 2. The molecule has 1 fully saturated rings. The van der Waals surface area contributed by atoms with Gasteiger partial charge in [0.2, 0.25) is 0 Å². The average Bonchev–Trinajstić information content (AvgIpc) is 3.19. The van der Waals surface area contributed by atoms with E-state index in [-0.39, 0.29) is 11.7 Å². The van der Waals surface area contributed by atoms with E-state index in [1.54, 1.807) is 15.3 Å². The van der Waals surface area contributed by atoms with E-state index in [1.807, 2.05) is 42.6 Å². The van der Waals surface area contributed by atoms with Gasteiger partial charge in [-0.1, -0.05) is 31.5 Å². The molecule has 9 nitrogen and oxygen atoms in total. The highest BCUT2D eigenvalue weighted by Gasteiger charge is 2.38. The van der Waals surface area contributed by atoms with E-state index in [4.69, 9.17) is 0 Å². The molecule has 0 radical (unpaired) electrons. The summed E-state index contributed by atoms with van der Waals surface area (Å²) in [5.41, 5.74) is 4.63. The van der Waals surface area contributed by atoms with Crippen LogP contribution in [-0.4, -0.2) is 46.0 Å². The van der Waals surface area contributed by atoms with Crippen molar-refractivity contribution in [3.8, 4) is 22.5 Å². The molecule has 0 saturated heterocycles. The second kappa shape index (κ2) is 8.51. The molecule has 0 spiro atoms. The molecule has 2 unspecified atom stereocenters. The number of aryl methyl sites for hydroxylation is 1. The fraction of sp³-hybridized carbons (Fsp3) is 0.348. The standard InChI is InChI=1S/C23H25N7O2/c1-2-3-7-19-14-30(20-12-21(20)31)23(32)29(19)13-18-11-16(8-9-24-18)15-5-4-6-17(10-15)22-25-27-28-26-22/h4-6,8-11,14,20-21,31H,2-3,7,12-13H2,1H3,(H,25,26,27,28). The first-order valence-corrected chi connectivity index (χ1v) is 10.9. The summed E-state index contributed by atoms with van der Waals surface area (Å²) in [5.74, 6) is 0.608. The molecule has 1 aliphatic rings. The van der Waals surface area contributed by atoms with Crippen molar-refractivity contribution in [3.05, 3.63) is 70.7 Å². The molecule has 32 heavy (non-hydrogen) atoms. The molecule has 0 amide bonds. The molecule has 3 aromatic heterocycles. The maximum absolute atomic E-state index is 13.1. The Balaban J connectivity index is 1.45. The number of benzene rings is 1. The summed E-state index contributed by atoms with van der Waals surface area (Å²) in [5, 5.41) is 23.9. The number of aliphatic hydroxyl groups excluding tert-OH is 1. The lowest BCUT2D eigenvalue weighted by molar-refractivity contribution is 0.258. The van der Waals surface area contributed by atoms with Crippen LogP contribution in [0.3, 0.4) is 0 Å². The van der Waals surface area contributed by atoms with Crippen LogP contribution >= 0.6 is 0 Å². The van der Waals surface area contributed by atoms with Crippen LogP contribution in [0.1, 0.15) is 43.6 Å². The molecule has 3 heterocycles. The summed E-state index contributed by atoms with van der Waals surface area (Å²) in [4.78, 5) is 17.6. The predicted octanol–water partition coefficient (Wildman–Crippen LogP) is 2.59. The third-order valence-electron chi connectivity index (χ3n) is 5.91. The van der Waals surface area contributed by atoms with Gasteiger partial charge in [0.05, 0.1) is 24.4 Å². The second-order valence-corrected chi connectivity index (χ2v) is 8.24. The van der Waals surface area contributed by atoms with Crippen LogP contribution in [0.25, 0.3) is 22.5 Å². The minimum atomic E-state index is -0.420. The van der Waals surface area contributed by atoms with Gasteiger partial charge in [0, 0.05) is 23.7 Å². The molecule has 1 aliphatic carbocycles. The Morgan fingerprint density at radius 2 is 2.00 bits per heavy atom. The zero-order valence-electron chi connectivity index (χ0n) is 17.8. The van der Waals surface area contributed by atoms with E-state index in [0.29, 0.717) is 18.8 Å². The van der Waals surface area contributed by atoms with Crippen LogP contribution in [-0.2, 0) is 13.0 Å². The summed E-state index contributed by atoms with van der Waals surface area (Å²) in [6.07, 6.45) is 6.79. The van der Waals surface area contributed by atoms with E-state index in [2.05, 4.69) is 32.5 Å². The molecule has 2 atom stereocenters. The fourth-order valence-electron chi connectivity index (χ4n) is 4.01. The van der Waals surface area contributed by atoms with Crippen molar-refractivity contribution in [1.29, 1.82) is 0 Å². The lowest BCUT2D eigenvalue weighted by Crippen LogP contribution is -2.26. The maximum Gasteiger partial charge on any atom is 0.329 e. The van der Waals surface area contributed by atoms with Gasteiger partial charge >= 0.3 is 5.69 Å². The van der Waals surface area contributed by atoms with Crippen molar-refractivity contribution in [2.75, 3.05) is 0 Å². The van der Waals surface area contributed by atoms with Crippen molar-refractivity contribution in [1.82, 2.24) is 34.7 Å². The van der Waals surface area contributed by atoms with Gasteiger partial charge in [-0.25, -0.2) is 9.89 Å². The van der Waals surface area contributed by atoms with Crippen LogP contribution in [0.2, 0.25) is 0 Å². The Labute approximate surface area is 184 Å². The van der Waals surface area contributed by atoms with E-state index in [1.165, 1.54) is 0 Å². The summed E-state index contributed by atoms with van der Waals surface area (Å²) in [7, 11) is 0. The van der Waals surface area contributed by atoms with Crippen LogP contribution in [0.5, 0.6) is 0 Å². The number of rotatable bonds is 8. The summed E-state index contributed by atoms with van der Waals surface area (Å²) in [6.45, 7) is 2.53. The van der Waals surface area contributed by atoms with Crippen molar-refractivity contribution < 1.29 is 5.11 Å². The number of hydrogen-bond acceptors (Lipinski definition) is 6. The quantitative estimate of drug-likeness (QED) is 0.443. The maximum atomic E-state index is 13.1. The molecule has 9 heteroatoms. The minimum Gasteiger partial charge on any atom is -0.391 e. The monoisotopic (exact) mass is 431 g/mol. The van der Waals surface area contributed by atoms with Crippen molar-refractivity contribution >= 4 is 0 Å². The number of unbranched alkanes of at least 4 members (excludes halogenated alkanes) is 1. The van der Waals surface area contributed by atoms with E-state index in [0.717, 1.165) is 47.3 Å². The SMILES string of the molecule is CCCCc1cn(C2CC2O)c(=O)n1Cc1cc(-c2cccc(-c3nnn[nH]3)c2)ccn1. The number of aliphatic hydroxyl groups is 1. The third kappa shape index (κ3) is 3.99. The zero-order chi connectivity index (χ0) is 22.1. The van der Waals surface area contributed by atoms with Gasteiger partial charge in [0.1, 0.15) is 0 Å². The molecule has 5 rings (SSSR count). The Hall–Kier alpha value is -3.59. The van der Waals surface area contributed by atoms with Gasteiger partial charge in [-0.3, -0.25) is 14.1 Å². The number of H-pyrrole nitrogens is 1. The number of pyridine rings is 1. The van der Waals surface area contributed by atoms with Gasteiger partial charge in [-0.05, 0) is 59.0 Å². The van der Waals surface area contributed by atoms with E-state index < -0.39 is 6.10 Å². The van der Waals surface area contributed by atoms with E-state index in [9.17, 15) is 9.90 Å². The van der Waals surface area contributed by atoms with Gasteiger partial charge in [0.15, 0.2) is 5.82 Å². The topological polar surface area (TPSA) is 115 Å². The Morgan fingerprint density at radius 1 is 1.19 bits per heavy atom. The van der Waals surface area contributed by atoms with E-state index >= 15 is 0 Å². The largest absolute Gasteiger partial charge is 0.391 e. The number of nitrogens with one attached hydrogen (secondary N) is 1. The zero-order valence-corrected chi connectivity index (χ0v) is 17.8. The molecule has 0 aliphatic heterocycles. The van der Waals surface area contributed by atoms with Crippen molar-refractivity contribution in [2.45, 2.75) is 51.3 Å². The first-order valence-electron chi connectivity index (χ1n) is 10.9. The fourth-order valence-corrected chi connectivity index (χ4v) is 4.01. The highest BCUT2D eigenvalue weighted by Crippen LogP contribution is 2.34. The molecule has 1 saturated carbocycles. The van der Waals surface area contributed by atoms with Crippen LogP contribution in [0.15, 0.2) is 53.6 Å². The molecule has 4 aromatic rings. The smallest absolute Gasteiger partial charge is 0.329 e. The Morgan fingerprint density at radius 3 is 2.75 bits per heavy atom. The number of imidazole rings is 1. The molecule has 0 bridgehead atoms. The number of aromatic amines is 1. The van der Waals surface area contributed by atoms with Gasteiger partial charge in [0.25, 0.3) is 0 Å². The third-order valence-corrected chi connectivity index (χ3v) is 5.91. The predicted molar refractivity (Wildman–Crippen MR) is 119 cm³/mol. The van der Waals surface area contributed by atoms with Gasteiger partial charge in [-0.2, -0.15) is 0 Å². The lowest BCUT2D eigenvalue weighted by Gasteiger charge is -2.09. The normalized spacial score (nSPS) is 17.6. The number of nitrogens with zero attached hydrogens (tertiary/aromatic N) is 6. The average molecular weight is 432 g/mol. The highest BCUT2D eigenvalue weighted by atomic mass is 16.3. The summed E-state index contributed by atoms with van der Waals surface area (Å²) >= 11 is 0. The molecular weight excluding hydrogens is 406 g/mol. The van der Waals surface area contributed by atoms with Gasteiger partial charge in [-0.15, -0.1) is 5.10 Å². The summed E-state index contributed by atoms with van der Waals surface area (Å²) < 4.78 is 3.48. The first-order chi connectivity index (χ1) is 15.6. The molecule has 164 valence electrons. The second-order valence-electron chi connectivity index (χ2n) is 8.24. The number of aromatic nitrogens is 7. The minimum absolute atomic E-state index is 0.0790. The Kier molecular flexibility index (Phi) is 5.40. The van der Waals surface area contributed by atoms with Gasteiger partial charge < -0.3 is 5.11 Å². The highest BCUT2D eigenvalue weighted by molar-refractivity contribution is 5.70. The molecule has 2 N–H and O–H groups in total.